The highest BCUT2D eigenvalue weighted by molar-refractivity contribution is 5.74. The standard InChI is InChI=1S/C16H26N6O2/c1-6-21(9-13-8-17-22(7-2)10-13)16(23)18-12(5)15-19-14(11(3)4)20-24-15/h8,10-12H,6-7,9H2,1-5H3,(H,18,23)/t12-/m1/s1. The molecule has 0 aliphatic heterocycles. The second-order valence-corrected chi connectivity index (χ2v) is 6.04. The molecule has 2 aromatic heterocycles. The Morgan fingerprint density at radius 1 is 1.38 bits per heavy atom. The van der Waals surface area contributed by atoms with Crippen LogP contribution in [0.25, 0.3) is 0 Å². The topological polar surface area (TPSA) is 89.1 Å². The second-order valence-electron chi connectivity index (χ2n) is 6.04. The third-order valence-electron chi connectivity index (χ3n) is 3.74. The van der Waals surface area contributed by atoms with Crippen LogP contribution in [0, 0.1) is 0 Å². The van der Waals surface area contributed by atoms with E-state index >= 15 is 0 Å². The van der Waals surface area contributed by atoms with Gasteiger partial charge in [0.05, 0.1) is 12.7 Å². The maximum absolute atomic E-state index is 12.5. The molecular weight excluding hydrogens is 308 g/mol. The normalized spacial score (nSPS) is 12.4. The van der Waals surface area contributed by atoms with E-state index in [9.17, 15) is 4.79 Å². The van der Waals surface area contributed by atoms with Gasteiger partial charge in [0.15, 0.2) is 5.82 Å². The van der Waals surface area contributed by atoms with Gasteiger partial charge in [0, 0.05) is 30.8 Å². The molecule has 8 heteroatoms. The van der Waals surface area contributed by atoms with Crippen LogP contribution in [0.5, 0.6) is 0 Å². The van der Waals surface area contributed by atoms with Crippen LogP contribution < -0.4 is 5.32 Å². The number of nitrogens with one attached hydrogen (secondary N) is 1. The average molecular weight is 334 g/mol. The number of hydrogen-bond donors (Lipinski definition) is 1. The first kappa shape index (κ1) is 18.0. The van der Waals surface area contributed by atoms with Gasteiger partial charge < -0.3 is 14.7 Å². The van der Waals surface area contributed by atoms with E-state index in [4.69, 9.17) is 4.52 Å². The van der Waals surface area contributed by atoms with Gasteiger partial charge in [-0.05, 0) is 20.8 Å². The van der Waals surface area contributed by atoms with Crippen molar-refractivity contribution >= 4 is 6.03 Å². The summed E-state index contributed by atoms with van der Waals surface area (Å²) in [4.78, 5) is 18.5. The molecule has 24 heavy (non-hydrogen) atoms. The molecule has 1 atom stereocenters. The third-order valence-corrected chi connectivity index (χ3v) is 3.74. The van der Waals surface area contributed by atoms with Gasteiger partial charge >= 0.3 is 6.03 Å². The Kier molecular flexibility index (Phi) is 5.94. The smallest absolute Gasteiger partial charge is 0.318 e. The fourth-order valence-electron chi connectivity index (χ4n) is 2.20. The van der Waals surface area contributed by atoms with E-state index in [1.54, 1.807) is 11.1 Å². The van der Waals surface area contributed by atoms with E-state index in [1.165, 1.54) is 0 Å². The van der Waals surface area contributed by atoms with Crippen LogP contribution in [-0.4, -0.2) is 37.4 Å². The van der Waals surface area contributed by atoms with Crippen LogP contribution >= 0.6 is 0 Å². The first-order chi connectivity index (χ1) is 11.4. The summed E-state index contributed by atoms with van der Waals surface area (Å²) in [6.45, 7) is 11.7. The minimum absolute atomic E-state index is 0.168. The van der Waals surface area contributed by atoms with E-state index in [0.717, 1.165) is 12.1 Å². The highest BCUT2D eigenvalue weighted by Gasteiger charge is 2.20. The maximum atomic E-state index is 12.5. The van der Waals surface area contributed by atoms with Gasteiger partial charge in [-0.25, -0.2) is 4.79 Å². The Labute approximate surface area is 142 Å². The quantitative estimate of drug-likeness (QED) is 0.841. The van der Waals surface area contributed by atoms with Gasteiger partial charge in [0.25, 0.3) is 0 Å². The molecule has 0 bridgehead atoms. The largest absolute Gasteiger partial charge is 0.337 e. The summed E-state index contributed by atoms with van der Waals surface area (Å²) < 4.78 is 7.07. The van der Waals surface area contributed by atoms with E-state index in [0.29, 0.717) is 24.8 Å². The minimum Gasteiger partial charge on any atom is -0.337 e. The molecule has 1 N–H and O–H groups in total. The number of hydrogen-bond acceptors (Lipinski definition) is 5. The highest BCUT2D eigenvalue weighted by Crippen LogP contribution is 2.15. The van der Waals surface area contributed by atoms with Gasteiger partial charge in [-0.2, -0.15) is 10.1 Å². The van der Waals surface area contributed by atoms with Crippen LogP contribution in [0.1, 0.15) is 63.9 Å². The van der Waals surface area contributed by atoms with Crippen LogP contribution in [0.15, 0.2) is 16.9 Å². The van der Waals surface area contributed by atoms with E-state index in [-0.39, 0.29) is 18.0 Å². The van der Waals surface area contributed by atoms with Crippen molar-refractivity contribution in [2.45, 2.75) is 59.7 Å². The molecule has 0 spiro atoms. The monoisotopic (exact) mass is 334 g/mol. The van der Waals surface area contributed by atoms with Gasteiger partial charge in [0.1, 0.15) is 6.04 Å². The molecule has 2 rings (SSSR count). The first-order valence-corrected chi connectivity index (χ1v) is 8.34. The second kappa shape index (κ2) is 7.94. The maximum Gasteiger partial charge on any atom is 0.318 e. The van der Waals surface area contributed by atoms with Crippen molar-refractivity contribution in [1.82, 2.24) is 30.1 Å². The zero-order valence-corrected chi connectivity index (χ0v) is 15.0. The highest BCUT2D eigenvalue weighted by atomic mass is 16.5. The van der Waals surface area contributed by atoms with Crippen molar-refractivity contribution in [2.75, 3.05) is 6.54 Å². The average Bonchev–Trinajstić information content (AvgIpc) is 3.21. The fourth-order valence-corrected chi connectivity index (χ4v) is 2.20. The SMILES string of the molecule is CCN(Cc1cnn(CC)c1)C(=O)N[C@H](C)c1nc(C(C)C)no1. The number of aryl methyl sites for hydroxylation is 1. The molecule has 2 aromatic rings. The molecule has 0 aliphatic carbocycles. The zero-order valence-electron chi connectivity index (χ0n) is 15.0. The molecule has 0 fully saturated rings. The molecule has 2 amide bonds. The van der Waals surface area contributed by atoms with Crippen molar-refractivity contribution < 1.29 is 9.32 Å². The molecule has 0 saturated carbocycles. The van der Waals surface area contributed by atoms with Gasteiger partial charge in [-0.1, -0.05) is 19.0 Å². The number of carbonyl (C=O) groups is 1. The first-order valence-electron chi connectivity index (χ1n) is 8.34. The predicted molar refractivity (Wildman–Crippen MR) is 89.3 cm³/mol. The lowest BCUT2D eigenvalue weighted by molar-refractivity contribution is 0.191. The lowest BCUT2D eigenvalue weighted by atomic mass is 10.2. The molecule has 0 aliphatic rings. The van der Waals surface area contributed by atoms with Crippen LogP contribution in [0.4, 0.5) is 4.79 Å². The molecule has 0 unspecified atom stereocenters. The molecular formula is C16H26N6O2. The fraction of sp³-hybridized carbons (Fsp3) is 0.625. The van der Waals surface area contributed by atoms with E-state index < -0.39 is 0 Å². The summed E-state index contributed by atoms with van der Waals surface area (Å²) in [6.07, 6.45) is 3.74. The molecule has 0 radical (unpaired) electrons. The van der Waals surface area contributed by atoms with Crippen molar-refractivity contribution in [3.63, 3.8) is 0 Å². The van der Waals surface area contributed by atoms with Crippen LogP contribution in [0.3, 0.4) is 0 Å². The molecule has 2 heterocycles. The molecule has 0 aromatic carbocycles. The van der Waals surface area contributed by atoms with Gasteiger partial charge in [-0.15, -0.1) is 0 Å². The lowest BCUT2D eigenvalue weighted by Crippen LogP contribution is -2.40. The van der Waals surface area contributed by atoms with Crippen LogP contribution in [0.2, 0.25) is 0 Å². The van der Waals surface area contributed by atoms with Crippen LogP contribution in [-0.2, 0) is 13.1 Å². The minimum atomic E-state index is -0.343. The number of amides is 2. The lowest BCUT2D eigenvalue weighted by Gasteiger charge is -2.22. The van der Waals surface area contributed by atoms with Gasteiger partial charge in [-0.3, -0.25) is 4.68 Å². The third kappa shape index (κ3) is 4.33. The molecule has 0 saturated heterocycles. The van der Waals surface area contributed by atoms with Crippen molar-refractivity contribution in [3.8, 4) is 0 Å². The number of nitrogens with zero attached hydrogens (tertiary/aromatic N) is 5. The Morgan fingerprint density at radius 3 is 2.67 bits per heavy atom. The van der Waals surface area contributed by atoms with Crippen molar-refractivity contribution in [2.24, 2.45) is 0 Å². The summed E-state index contributed by atoms with van der Waals surface area (Å²) in [5.41, 5.74) is 1.00. The molecule has 8 nitrogen and oxygen atoms in total. The number of aromatic nitrogens is 4. The van der Waals surface area contributed by atoms with Gasteiger partial charge in [0.2, 0.25) is 5.89 Å². The van der Waals surface area contributed by atoms with E-state index in [2.05, 4.69) is 20.6 Å². The summed E-state index contributed by atoms with van der Waals surface area (Å²) in [5.74, 6) is 1.25. The van der Waals surface area contributed by atoms with Crippen molar-refractivity contribution in [1.29, 1.82) is 0 Å². The number of urea groups is 1. The summed E-state index contributed by atoms with van der Waals surface area (Å²) in [5, 5.41) is 11.1. The predicted octanol–water partition coefficient (Wildman–Crippen LogP) is 2.70. The molecule has 132 valence electrons. The Balaban J connectivity index is 1.97. The Hall–Kier alpha value is -2.38. The van der Waals surface area contributed by atoms with E-state index in [1.807, 2.05) is 45.5 Å². The zero-order chi connectivity index (χ0) is 17.7. The summed E-state index contributed by atoms with van der Waals surface area (Å²) in [6, 6.07) is -0.511. The Bertz CT molecular complexity index is 663. The summed E-state index contributed by atoms with van der Waals surface area (Å²) >= 11 is 0. The number of rotatable bonds is 7. The van der Waals surface area contributed by atoms with Crippen molar-refractivity contribution in [3.05, 3.63) is 29.7 Å². The Morgan fingerprint density at radius 2 is 2.12 bits per heavy atom. The summed E-state index contributed by atoms with van der Waals surface area (Å²) in [7, 11) is 0. The number of carbonyl (C=O) groups excluding carboxylic acids is 1.